The quantitative estimate of drug-likeness (QED) is 0.825. The Kier molecular flexibility index (Phi) is 3.92. The summed E-state index contributed by atoms with van der Waals surface area (Å²) in [5.41, 5.74) is 5.59. The highest BCUT2D eigenvalue weighted by Crippen LogP contribution is 2.21. The second-order valence-corrected chi connectivity index (χ2v) is 4.46. The molecule has 0 atom stereocenters. The van der Waals surface area contributed by atoms with Crippen molar-refractivity contribution in [1.29, 1.82) is 0 Å². The molecule has 1 fully saturated rings. The number of primary amides is 1. The summed E-state index contributed by atoms with van der Waals surface area (Å²) in [5, 5.41) is 0. The summed E-state index contributed by atoms with van der Waals surface area (Å²) in [5.74, 6) is -0.993. The van der Waals surface area contributed by atoms with Gasteiger partial charge in [0.2, 0.25) is 5.91 Å². The lowest BCUT2D eigenvalue weighted by atomic mass is 9.98. The van der Waals surface area contributed by atoms with Crippen molar-refractivity contribution < 1.29 is 14.3 Å². The molecule has 0 spiro atoms. The Labute approximate surface area is 105 Å². The molecule has 1 heterocycles. The number of hydrogen-bond donors (Lipinski definition) is 1. The van der Waals surface area contributed by atoms with E-state index in [2.05, 4.69) is 4.98 Å². The van der Waals surface area contributed by atoms with Crippen molar-refractivity contribution in [2.45, 2.75) is 38.2 Å². The van der Waals surface area contributed by atoms with Gasteiger partial charge in [0, 0.05) is 6.20 Å². The van der Waals surface area contributed by atoms with Crippen LogP contribution >= 0.6 is 0 Å². The summed E-state index contributed by atoms with van der Waals surface area (Å²) >= 11 is 0. The summed E-state index contributed by atoms with van der Waals surface area (Å²) < 4.78 is 5.36. The molecule has 0 unspecified atom stereocenters. The van der Waals surface area contributed by atoms with Crippen LogP contribution in [0.25, 0.3) is 0 Å². The summed E-state index contributed by atoms with van der Waals surface area (Å²) in [6, 6.07) is 2.94. The average molecular weight is 248 g/mol. The first kappa shape index (κ1) is 12.5. The first-order chi connectivity index (χ1) is 8.66. The number of amides is 1. The third-order valence-corrected chi connectivity index (χ3v) is 3.08. The first-order valence-corrected chi connectivity index (χ1v) is 6.13. The molecule has 1 aromatic rings. The number of aromatic nitrogens is 1. The molecule has 0 bridgehead atoms. The Hall–Kier alpha value is -1.91. The van der Waals surface area contributed by atoms with E-state index in [1.807, 2.05) is 0 Å². The minimum atomic E-state index is -0.560. The van der Waals surface area contributed by atoms with Crippen LogP contribution in [0.3, 0.4) is 0 Å². The topological polar surface area (TPSA) is 82.3 Å². The Balaban J connectivity index is 1.97. The lowest BCUT2D eigenvalue weighted by Gasteiger charge is -2.21. The molecular weight excluding hydrogens is 232 g/mol. The molecule has 1 aromatic heterocycles. The molecule has 0 aromatic carbocycles. The lowest BCUT2D eigenvalue weighted by Crippen LogP contribution is -2.21. The first-order valence-electron chi connectivity index (χ1n) is 6.13. The minimum absolute atomic E-state index is 0.00358. The molecule has 1 aliphatic carbocycles. The van der Waals surface area contributed by atoms with Crippen LogP contribution in [0.2, 0.25) is 0 Å². The summed E-state index contributed by atoms with van der Waals surface area (Å²) in [6.07, 6.45) is 6.55. The van der Waals surface area contributed by atoms with Gasteiger partial charge in [0.05, 0.1) is 5.56 Å². The minimum Gasteiger partial charge on any atom is -0.458 e. The van der Waals surface area contributed by atoms with Gasteiger partial charge in [-0.1, -0.05) is 6.42 Å². The number of ether oxygens (including phenoxy) is 1. The predicted molar refractivity (Wildman–Crippen MR) is 65.0 cm³/mol. The van der Waals surface area contributed by atoms with Crippen LogP contribution in [-0.4, -0.2) is 23.0 Å². The standard InChI is InChI=1S/C13H16N2O3/c14-12(16)9-6-7-11(15-8-9)13(17)18-10-4-2-1-3-5-10/h6-8,10H,1-5H2,(H2,14,16). The van der Waals surface area contributed by atoms with Gasteiger partial charge in [0.25, 0.3) is 0 Å². The molecule has 18 heavy (non-hydrogen) atoms. The third kappa shape index (κ3) is 3.06. The molecule has 0 saturated heterocycles. The zero-order valence-corrected chi connectivity index (χ0v) is 10.1. The molecule has 96 valence electrons. The molecule has 0 radical (unpaired) electrons. The zero-order valence-electron chi connectivity index (χ0n) is 10.1. The van der Waals surface area contributed by atoms with Gasteiger partial charge in [0.1, 0.15) is 11.8 Å². The van der Waals surface area contributed by atoms with Crippen molar-refractivity contribution >= 4 is 11.9 Å². The number of nitrogens with two attached hydrogens (primary N) is 1. The third-order valence-electron chi connectivity index (χ3n) is 3.08. The van der Waals surface area contributed by atoms with Crippen molar-refractivity contribution in [3.8, 4) is 0 Å². The van der Waals surface area contributed by atoms with Gasteiger partial charge < -0.3 is 10.5 Å². The van der Waals surface area contributed by atoms with Gasteiger partial charge in [-0.3, -0.25) is 4.79 Å². The normalized spacial score (nSPS) is 16.2. The van der Waals surface area contributed by atoms with Crippen molar-refractivity contribution in [2.75, 3.05) is 0 Å². The van der Waals surface area contributed by atoms with E-state index < -0.39 is 11.9 Å². The van der Waals surface area contributed by atoms with Crippen LogP contribution in [0.15, 0.2) is 18.3 Å². The van der Waals surface area contributed by atoms with Crippen LogP contribution in [0, 0.1) is 0 Å². The Morgan fingerprint density at radius 1 is 1.22 bits per heavy atom. The largest absolute Gasteiger partial charge is 0.458 e. The molecule has 2 N–H and O–H groups in total. The summed E-state index contributed by atoms with van der Waals surface area (Å²) in [7, 11) is 0. The fourth-order valence-corrected chi connectivity index (χ4v) is 2.06. The van der Waals surface area contributed by atoms with Gasteiger partial charge in [-0.05, 0) is 37.8 Å². The van der Waals surface area contributed by atoms with Gasteiger partial charge in [-0.2, -0.15) is 0 Å². The second kappa shape index (κ2) is 5.62. The fourth-order valence-electron chi connectivity index (χ4n) is 2.06. The van der Waals surface area contributed by atoms with E-state index in [1.165, 1.54) is 24.8 Å². The van der Waals surface area contributed by atoms with Crippen LogP contribution in [-0.2, 0) is 4.74 Å². The maximum atomic E-state index is 11.8. The number of esters is 1. The van der Waals surface area contributed by atoms with E-state index in [9.17, 15) is 9.59 Å². The van der Waals surface area contributed by atoms with Gasteiger partial charge >= 0.3 is 5.97 Å². The zero-order chi connectivity index (χ0) is 13.0. The Morgan fingerprint density at radius 3 is 2.50 bits per heavy atom. The molecule has 1 aliphatic rings. The van der Waals surface area contributed by atoms with Crippen molar-refractivity contribution in [3.05, 3.63) is 29.6 Å². The van der Waals surface area contributed by atoms with Gasteiger partial charge in [-0.25, -0.2) is 9.78 Å². The highest BCUT2D eigenvalue weighted by Gasteiger charge is 2.19. The monoisotopic (exact) mass is 248 g/mol. The predicted octanol–water partition coefficient (Wildman–Crippen LogP) is 1.67. The van der Waals surface area contributed by atoms with E-state index >= 15 is 0 Å². The van der Waals surface area contributed by atoms with E-state index in [1.54, 1.807) is 0 Å². The van der Waals surface area contributed by atoms with Gasteiger partial charge in [-0.15, -0.1) is 0 Å². The number of nitrogens with zero attached hydrogens (tertiary/aromatic N) is 1. The Bertz CT molecular complexity index is 436. The van der Waals surface area contributed by atoms with Crippen molar-refractivity contribution in [1.82, 2.24) is 4.98 Å². The average Bonchev–Trinajstić information content (AvgIpc) is 2.40. The van der Waals surface area contributed by atoms with E-state index in [4.69, 9.17) is 10.5 Å². The van der Waals surface area contributed by atoms with Crippen LogP contribution in [0.4, 0.5) is 0 Å². The van der Waals surface area contributed by atoms with Crippen LogP contribution in [0.5, 0.6) is 0 Å². The fraction of sp³-hybridized carbons (Fsp3) is 0.462. The van der Waals surface area contributed by atoms with E-state index in [0.29, 0.717) is 0 Å². The number of carbonyl (C=O) groups is 2. The van der Waals surface area contributed by atoms with E-state index in [0.717, 1.165) is 25.7 Å². The lowest BCUT2D eigenvalue weighted by molar-refractivity contribution is 0.0204. The van der Waals surface area contributed by atoms with E-state index in [-0.39, 0.29) is 17.4 Å². The highest BCUT2D eigenvalue weighted by molar-refractivity contribution is 5.93. The number of pyridine rings is 1. The molecule has 5 nitrogen and oxygen atoms in total. The Morgan fingerprint density at radius 2 is 1.94 bits per heavy atom. The molecule has 0 aliphatic heterocycles. The van der Waals surface area contributed by atoms with Gasteiger partial charge in [0.15, 0.2) is 0 Å². The number of rotatable bonds is 3. The summed E-state index contributed by atoms with van der Waals surface area (Å²) in [6.45, 7) is 0. The van der Waals surface area contributed by atoms with Crippen LogP contribution in [0.1, 0.15) is 53.0 Å². The highest BCUT2D eigenvalue weighted by atomic mass is 16.5. The molecule has 1 amide bonds. The maximum Gasteiger partial charge on any atom is 0.357 e. The smallest absolute Gasteiger partial charge is 0.357 e. The molecule has 2 rings (SSSR count). The second-order valence-electron chi connectivity index (χ2n) is 4.46. The number of hydrogen-bond acceptors (Lipinski definition) is 4. The maximum absolute atomic E-state index is 11.8. The van der Waals surface area contributed by atoms with Crippen molar-refractivity contribution in [3.63, 3.8) is 0 Å². The summed E-state index contributed by atoms with van der Waals surface area (Å²) in [4.78, 5) is 26.5. The molecule has 1 saturated carbocycles. The van der Waals surface area contributed by atoms with Crippen LogP contribution < -0.4 is 5.73 Å². The van der Waals surface area contributed by atoms with Crippen molar-refractivity contribution in [2.24, 2.45) is 5.73 Å². The SMILES string of the molecule is NC(=O)c1ccc(C(=O)OC2CCCCC2)nc1. The molecular formula is C13H16N2O3. The molecule has 5 heteroatoms. The number of carbonyl (C=O) groups excluding carboxylic acids is 2.